The molecule has 0 bridgehead atoms. The molecule has 1 heteroatoms. The Kier molecular flexibility index (Phi) is 5.93. The van der Waals surface area contributed by atoms with Gasteiger partial charge in [0, 0.05) is 13.7 Å². The fraction of sp³-hybridized carbons (Fsp3) is 0.833. The zero-order valence-electron chi connectivity index (χ0n) is 4.94. The van der Waals surface area contributed by atoms with E-state index in [2.05, 4.69) is 6.92 Å². The van der Waals surface area contributed by atoms with Crippen LogP contribution in [0.1, 0.15) is 19.3 Å². The molecule has 1 radical (unpaired) electrons. The van der Waals surface area contributed by atoms with Crippen LogP contribution in [0.3, 0.4) is 0 Å². The Bertz CT molecular complexity index is 23.4. The predicted octanol–water partition coefficient (Wildman–Crippen LogP) is 1.64. The van der Waals surface area contributed by atoms with E-state index in [1.807, 2.05) is 0 Å². The Hall–Kier alpha value is -0.0400. The van der Waals surface area contributed by atoms with E-state index in [9.17, 15) is 0 Å². The zero-order valence-corrected chi connectivity index (χ0v) is 4.94. The van der Waals surface area contributed by atoms with Gasteiger partial charge in [0.05, 0.1) is 0 Å². The lowest BCUT2D eigenvalue weighted by molar-refractivity contribution is 0.193. The van der Waals surface area contributed by atoms with Crippen molar-refractivity contribution in [3.63, 3.8) is 0 Å². The van der Waals surface area contributed by atoms with Crippen molar-refractivity contribution in [1.82, 2.24) is 0 Å². The lowest BCUT2D eigenvalue weighted by Crippen LogP contribution is -1.85. The van der Waals surface area contributed by atoms with Crippen LogP contribution < -0.4 is 0 Å². The van der Waals surface area contributed by atoms with Crippen LogP contribution in [-0.2, 0) is 4.74 Å². The third-order valence-corrected chi connectivity index (χ3v) is 0.848. The van der Waals surface area contributed by atoms with Gasteiger partial charge < -0.3 is 4.74 Å². The van der Waals surface area contributed by atoms with Crippen molar-refractivity contribution >= 4 is 0 Å². The lowest BCUT2D eigenvalue weighted by atomic mass is 10.3. The van der Waals surface area contributed by atoms with Gasteiger partial charge >= 0.3 is 0 Å². The minimum Gasteiger partial charge on any atom is -0.385 e. The molecule has 0 saturated heterocycles. The molecule has 0 aromatic heterocycles. The zero-order chi connectivity index (χ0) is 5.54. The van der Waals surface area contributed by atoms with Crippen LogP contribution in [0, 0.1) is 6.92 Å². The van der Waals surface area contributed by atoms with Crippen molar-refractivity contribution in [3.05, 3.63) is 6.92 Å². The van der Waals surface area contributed by atoms with E-state index in [1.165, 1.54) is 6.42 Å². The van der Waals surface area contributed by atoms with Gasteiger partial charge in [-0.25, -0.2) is 0 Å². The van der Waals surface area contributed by atoms with Crippen molar-refractivity contribution in [3.8, 4) is 0 Å². The molecule has 0 aromatic carbocycles. The molecular weight excluding hydrogens is 88.1 g/mol. The van der Waals surface area contributed by atoms with Gasteiger partial charge in [-0.2, -0.15) is 0 Å². The van der Waals surface area contributed by atoms with Crippen molar-refractivity contribution < 1.29 is 4.74 Å². The quantitative estimate of drug-likeness (QED) is 0.489. The maximum absolute atomic E-state index is 4.82. The molecule has 0 aliphatic heterocycles. The first-order valence-corrected chi connectivity index (χ1v) is 2.70. The highest BCUT2D eigenvalue weighted by molar-refractivity contribution is 4.40. The molecule has 1 nitrogen and oxygen atoms in total. The Morgan fingerprint density at radius 3 is 2.57 bits per heavy atom. The topological polar surface area (TPSA) is 9.23 Å². The van der Waals surface area contributed by atoms with Gasteiger partial charge in [0.2, 0.25) is 0 Å². The van der Waals surface area contributed by atoms with Gasteiger partial charge in [-0.1, -0.05) is 19.8 Å². The number of ether oxygens (including phenoxy) is 1. The molecule has 0 rings (SSSR count). The van der Waals surface area contributed by atoms with Crippen LogP contribution in [-0.4, -0.2) is 13.7 Å². The molecule has 43 valence electrons. The number of methoxy groups -OCH3 is 1. The van der Waals surface area contributed by atoms with Gasteiger partial charge in [-0.15, -0.1) is 0 Å². The van der Waals surface area contributed by atoms with E-state index < -0.39 is 0 Å². The van der Waals surface area contributed by atoms with Gasteiger partial charge in [0.25, 0.3) is 0 Å². The fourth-order valence-electron chi connectivity index (χ4n) is 0.423. The summed E-state index contributed by atoms with van der Waals surface area (Å²) in [6, 6.07) is 0. The third-order valence-electron chi connectivity index (χ3n) is 0.848. The number of hydrogen-bond donors (Lipinski definition) is 0. The van der Waals surface area contributed by atoms with Crippen LogP contribution in [0.25, 0.3) is 0 Å². The summed E-state index contributed by atoms with van der Waals surface area (Å²) in [5, 5.41) is 0. The Morgan fingerprint density at radius 2 is 2.14 bits per heavy atom. The molecule has 0 fully saturated rings. The van der Waals surface area contributed by atoms with Gasteiger partial charge in [0.1, 0.15) is 0 Å². The average molecular weight is 101 g/mol. The maximum atomic E-state index is 4.82. The molecule has 0 aromatic rings. The number of hydrogen-bond acceptors (Lipinski definition) is 1. The summed E-state index contributed by atoms with van der Waals surface area (Å²) in [6.07, 6.45) is 3.37. The first-order valence-electron chi connectivity index (χ1n) is 2.70. The van der Waals surface area contributed by atoms with Gasteiger partial charge in [-0.05, 0) is 6.42 Å². The van der Waals surface area contributed by atoms with E-state index >= 15 is 0 Å². The molecule has 0 N–H and O–H groups in total. The Morgan fingerprint density at radius 1 is 1.43 bits per heavy atom. The predicted molar refractivity (Wildman–Crippen MR) is 31.1 cm³/mol. The highest BCUT2D eigenvalue weighted by Gasteiger charge is 1.79. The fourth-order valence-corrected chi connectivity index (χ4v) is 0.423. The van der Waals surface area contributed by atoms with Crippen molar-refractivity contribution in [2.75, 3.05) is 13.7 Å². The normalized spacial score (nSPS) is 9.43. The van der Waals surface area contributed by atoms with Gasteiger partial charge in [-0.3, -0.25) is 0 Å². The summed E-state index contributed by atoms with van der Waals surface area (Å²) >= 11 is 0. The summed E-state index contributed by atoms with van der Waals surface area (Å²) in [4.78, 5) is 0. The second-order valence-corrected chi connectivity index (χ2v) is 1.55. The van der Waals surface area contributed by atoms with Crippen LogP contribution in [0.4, 0.5) is 0 Å². The smallest absolute Gasteiger partial charge is 0.0462 e. The van der Waals surface area contributed by atoms with E-state index in [4.69, 9.17) is 4.74 Å². The Labute approximate surface area is 45.7 Å². The number of rotatable bonds is 4. The molecule has 0 aliphatic carbocycles. The highest BCUT2D eigenvalue weighted by Crippen LogP contribution is 1.91. The molecular formula is C6H13O. The molecule has 0 aliphatic rings. The van der Waals surface area contributed by atoms with E-state index in [-0.39, 0.29) is 0 Å². The SMILES string of the molecule is [CH2]CCCCOC. The first-order chi connectivity index (χ1) is 3.41. The second-order valence-electron chi connectivity index (χ2n) is 1.55. The summed E-state index contributed by atoms with van der Waals surface area (Å²) in [7, 11) is 1.73. The van der Waals surface area contributed by atoms with Gasteiger partial charge in [0.15, 0.2) is 0 Å². The monoisotopic (exact) mass is 101 g/mol. The second kappa shape index (κ2) is 5.96. The lowest BCUT2D eigenvalue weighted by Gasteiger charge is -1.92. The third kappa shape index (κ3) is 5.96. The first kappa shape index (κ1) is 6.96. The number of unbranched alkanes of at least 4 members (excludes halogenated alkanes) is 2. The highest BCUT2D eigenvalue weighted by atomic mass is 16.5. The minimum absolute atomic E-state index is 0.884. The average Bonchev–Trinajstić information content (AvgIpc) is 1.69. The van der Waals surface area contributed by atoms with Crippen molar-refractivity contribution in [2.24, 2.45) is 0 Å². The summed E-state index contributed by atoms with van der Waals surface area (Å²) in [6.45, 7) is 4.59. The minimum atomic E-state index is 0.884. The summed E-state index contributed by atoms with van der Waals surface area (Å²) < 4.78 is 4.82. The molecule has 0 saturated carbocycles. The summed E-state index contributed by atoms with van der Waals surface area (Å²) in [5.41, 5.74) is 0. The molecule has 0 spiro atoms. The van der Waals surface area contributed by atoms with E-state index in [1.54, 1.807) is 7.11 Å². The van der Waals surface area contributed by atoms with Crippen LogP contribution in [0.15, 0.2) is 0 Å². The molecule has 7 heavy (non-hydrogen) atoms. The molecule has 0 amide bonds. The van der Waals surface area contributed by atoms with E-state index in [0.29, 0.717) is 0 Å². The van der Waals surface area contributed by atoms with Crippen molar-refractivity contribution in [2.45, 2.75) is 19.3 Å². The molecule has 0 unspecified atom stereocenters. The molecule has 0 heterocycles. The van der Waals surface area contributed by atoms with Crippen LogP contribution in [0.5, 0.6) is 0 Å². The summed E-state index contributed by atoms with van der Waals surface area (Å²) in [5.74, 6) is 0. The van der Waals surface area contributed by atoms with Crippen LogP contribution >= 0.6 is 0 Å². The van der Waals surface area contributed by atoms with E-state index in [0.717, 1.165) is 19.4 Å². The van der Waals surface area contributed by atoms with Crippen molar-refractivity contribution in [1.29, 1.82) is 0 Å². The Balaban J connectivity index is 2.45. The van der Waals surface area contributed by atoms with Crippen LogP contribution in [0.2, 0.25) is 0 Å². The maximum Gasteiger partial charge on any atom is 0.0462 e. The largest absolute Gasteiger partial charge is 0.385 e. The molecule has 0 atom stereocenters. The standard InChI is InChI=1S/C6H13O/c1-3-4-5-6-7-2/h1,3-6H2,2H3.